The zero-order valence-electron chi connectivity index (χ0n) is 12.1. The van der Waals surface area contributed by atoms with Crippen LogP contribution in [0.5, 0.6) is 0 Å². The van der Waals surface area contributed by atoms with E-state index in [1.165, 1.54) is 31.2 Å². The Morgan fingerprint density at radius 1 is 1.17 bits per heavy atom. The van der Waals surface area contributed by atoms with Crippen molar-refractivity contribution in [2.75, 3.05) is 11.9 Å². The van der Waals surface area contributed by atoms with Gasteiger partial charge >= 0.3 is 12.4 Å². The van der Waals surface area contributed by atoms with E-state index in [9.17, 15) is 26.3 Å². The van der Waals surface area contributed by atoms with Crippen LogP contribution in [0.15, 0.2) is 36.2 Å². The molecule has 0 amide bonds. The molecule has 0 spiro atoms. The number of hydrogen-bond donors (Lipinski definition) is 1. The average Bonchev–Trinajstić information content (AvgIpc) is 2.38. The molecule has 0 atom stereocenters. The molecule has 1 aromatic carbocycles. The highest BCUT2D eigenvalue weighted by molar-refractivity contribution is 7.80. The minimum atomic E-state index is -5.55. The topological polar surface area (TPSA) is 21.3 Å². The maximum Gasteiger partial charge on any atom is 0.405 e. The second kappa shape index (κ2) is 8.06. The van der Waals surface area contributed by atoms with Crippen molar-refractivity contribution in [1.29, 1.82) is 0 Å². The Bertz CT molecular complexity index is 583. The van der Waals surface area contributed by atoms with Crippen molar-refractivity contribution in [3.63, 3.8) is 0 Å². The maximum absolute atomic E-state index is 12.7. The van der Waals surface area contributed by atoms with Crippen LogP contribution in [0.3, 0.4) is 0 Å². The highest BCUT2D eigenvalue weighted by atomic mass is 35.5. The predicted molar refractivity (Wildman–Crippen MR) is 83.0 cm³/mol. The lowest BCUT2D eigenvalue weighted by atomic mass is 10.0. The third-order valence-electron chi connectivity index (χ3n) is 2.62. The van der Waals surface area contributed by atoms with Gasteiger partial charge in [-0.2, -0.15) is 26.3 Å². The van der Waals surface area contributed by atoms with Crippen molar-refractivity contribution < 1.29 is 31.1 Å². The van der Waals surface area contributed by atoms with Crippen LogP contribution in [-0.2, 0) is 4.74 Å². The van der Waals surface area contributed by atoms with Crippen molar-refractivity contribution in [1.82, 2.24) is 0 Å². The molecule has 0 unspecified atom stereocenters. The lowest BCUT2D eigenvalue weighted by Crippen LogP contribution is -2.41. The van der Waals surface area contributed by atoms with Crippen molar-refractivity contribution in [2.24, 2.45) is 5.92 Å². The molecule has 0 saturated heterocycles. The molecule has 0 fully saturated rings. The summed E-state index contributed by atoms with van der Waals surface area (Å²) in [6, 6.07) is 5.92. The van der Waals surface area contributed by atoms with Crippen molar-refractivity contribution in [3.8, 4) is 0 Å². The van der Waals surface area contributed by atoms with E-state index in [1.54, 1.807) is 0 Å². The molecule has 10 heteroatoms. The van der Waals surface area contributed by atoms with Crippen LogP contribution >= 0.6 is 23.8 Å². The van der Waals surface area contributed by atoms with Crippen LogP contribution in [0.4, 0.5) is 32.0 Å². The zero-order valence-corrected chi connectivity index (χ0v) is 13.7. The Balaban J connectivity index is 3.08. The Labute approximate surface area is 144 Å². The summed E-state index contributed by atoms with van der Waals surface area (Å²) in [5.74, 6) is -4.08. The summed E-state index contributed by atoms with van der Waals surface area (Å²) in [6.07, 6.45) is -10.6. The molecule has 0 radical (unpaired) electrons. The van der Waals surface area contributed by atoms with Gasteiger partial charge in [0.25, 0.3) is 0 Å². The van der Waals surface area contributed by atoms with Gasteiger partial charge in [0.2, 0.25) is 0 Å². The fraction of sp³-hybridized carbons (Fsp3) is 0.357. The lowest BCUT2D eigenvalue weighted by molar-refractivity contribution is -0.259. The quantitative estimate of drug-likeness (QED) is 0.289. The van der Waals surface area contributed by atoms with Crippen LogP contribution in [0.2, 0.25) is 5.02 Å². The summed E-state index contributed by atoms with van der Waals surface area (Å²) in [5.41, 5.74) is 0.359. The van der Waals surface area contributed by atoms with Crippen LogP contribution < -0.4 is 5.32 Å². The lowest BCUT2D eigenvalue weighted by Gasteiger charge is -2.23. The average molecular weight is 392 g/mol. The Morgan fingerprint density at radius 2 is 1.67 bits per heavy atom. The van der Waals surface area contributed by atoms with E-state index in [-0.39, 0.29) is 12.5 Å². The van der Waals surface area contributed by atoms with E-state index in [2.05, 4.69) is 17.5 Å². The van der Waals surface area contributed by atoms with Gasteiger partial charge in [0, 0.05) is 21.7 Å². The van der Waals surface area contributed by atoms with E-state index in [4.69, 9.17) is 16.3 Å². The summed E-state index contributed by atoms with van der Waals surface area (Å²) >= 11 is 10.0. The minimum Gasteiger partial charge on any atom is -0.479 e. The molecule has 1 N–H and O–H groups in total. The molecule has 0 aliphatic heterocycles. The molecule has 0 aliphatic rings. The number of thiocarbonyl (C=S) groups is 1. The summed E-state index contributed by atoms with van der Waals surface area (Å²) in [5, 5.41) is 2.96. The van der Waals surface area contributed by atoms with Gasteiger partial charge in [0.1, 0.15) is 0 Å². The first-order valence-corrected chi connectivity index (χ1v) is 7.28. The van der Waals surface area contributed by atoms with Gasteiger partial charge in [-0.1, -0.05) is 23.8 Å². The molecule has 0 aliphatic carbocycles. The molecule has 0 bridgehead atoms. The van der Waals surface area contributed by atoms with Gasteiger partial charge in [0.05, 0.1) is 6.61 Å². The summed E-state index contributed by atoms with van der Waals surface area (Å²) in [4.78, 5) is -1.35. The first kappa shape index (κ1) is 20.6. The maximum atomic E-state index is 12.7. The third kappa shape index (κ3) is 6.20. The van der Waals surface area contributed by atoms with E-state index in [0.29, 0.717) is 16.8 Å². The number of halogens is 7. The number of ether oxygens (including phenoxy) is 1. The number of benzene rings is 1. The number of anilines is 1. The second-order valence-electron chi connectivity index (χ2n) is 4.49. The minimum absolute atomic E-state index is 0.0116. The van der Waals surface area contributed by atoms with Crippen LogP contribution in [-0.4, -0.2) is 23.8 Å². The van der Waals surface area contributed by atoms with Gasteiger partial charge < -0.3 is 10.1 Å². The third-order valence-corrected chi connectivity index (χ3v) is 3.23. The highest BCUT2D eigenvalue weighted by Crippen LogP contribution is 2.40. The normalized spacial score (nSPS) is 13.1. The Morgan fingerprint density at radius 3 is 2.08 bits per heavy atom. The molecule has 1 aromatic rings. The van der Waals surface area contributed by atoms with Gasteiger partial charge in [-0.05, 0) is 31.2 Å². The Kier molecular flexibility index (Phi) is 6.91. The molecule has 0 heterocycles. The van der Waals surface area contributed by atoms with E-state index in [1.807, 2.05) is 0 Å². The first-order chi connectivity index (χ1) is 10.9. The number of alkyl halides is 6. The number of hydrogen-bond acceptors (Lipinski definition) is 3. The number of rotatable bonds is 6. The first-order valence-electron chi connectivity index (χ1n) is 6.49. The predicted octanol–water partition coefficient (Wildman–Crippen LogP) is 5.74. The summed E-state index contributed by atoms with van der Waals surface area (Å²) in [7, 11) is 0. The number of allylic oxidation sites excluding steroid dienone is 1. The van der Waals surface area contributed by atoms with Crippen LogP contribution in [0, 0.1) is 5.92 Å². The molecular weight excluding hydrogens is 380 g/mol. The van der Waals surface area contributed by atoms with Gasteiger partial charge in [0.15, 0.2) is 11.8 Å². The summed E-state index contributed by atoms with van der Waals surface area (Å²) < 4.78 is 81.0. The van der Waals surface area contributed by atoms with Crippen LogP contribution in [0.1, 0.15) is 6.92 Å². The molecule has 24 heavy (non-hydrogen) atoms. The second-order valence-corrected chi connectivity index (χ2v) is 5.40. The fourth-order valence-corrected chi connectivity index (χ4v) is 2.17. The number of nitrogens with one attached hydrogen (secondary N) is 1. The van der Waals surface area contributed by atoms with Crippen molar-refractivity contribution in [2.45, 2.75) is 19.3 Å². The summed E-state index contributed by atoms with van der Waals surface area (Å²) in [6.45, 7) is 1.53. The fourth-order valence-electron chi connectivity index (χ4n) is 1.67. The smallest absolute Gasteiger partial charge is 0.405 e. The highest BCUT2D eigenvalue weighted by Gasteiger charge is 2.58. The van der Waals surface area contributed by atoms with Gasteiger partial charge in [-0.25, -0.2) is 0 Å². The van der Waals surface area contributed by atoms with Crippen LogP contribution in [0.25, 0.3) is 0 Å². The monoisotopic (exact) mass is 391 g/mol. The SMILES string of the molecule is CCO/C(=C\C(=S)C(C(F)(F)F)C(F)(F)F)Nc1ccc(Cl)cc1. The van der Waals surface area contributed by atoms with Crippen molar-refractivity contribution >= 4 is 34.4 Å². The van der Waals surface area contributed by atoms with Gasteiger partial charge in [-0.3, -0.25) is 0 Å². The van der Waals surface area contributed by atoms with Gasteiger partial charge in [-0.15, -0.1) is 0 Å². The molecule has 1 rings (SSSR count). The standard InChI is InChI=1S/C14H12ClF6NOS/c1-2-23-11(22-9-5-3-8(15)4-6-9)7-10(24)12(13(16,17)18)14(19,20)21/h3-7,12,22H,2H2,1H3/b11-7-. The molecule has 0 saturated carbocycles. The largest absolute Gasteiger partial charge is 0.479 e. The zero-order chi connectivity index (χ0) is 18.5. The Hall–Kier alpha value is -1.48. The molecular formula is C14H12ClF6NOS. The van der Waals surface area contributed by atoms with E-state index in [0.717, 1.165) is 0 Å². The van der Waals surface area contributed by atoms with E-state index >= 15 is 0 Å². The molecule has 0 aromatic heterocycles. The van der Waals surface area contributed by atoms with Crippen molar-refractivity contribution in [3.05, 3.63) is 41.2 Å². The molecule has 2 nitrogen and oxygen atoms in total. The van der Waals surface area contributed by atoms with E-state index < -0.39 is 23.1 Å². The molecule has 134 valence electrons.